The molecule has 1 aliphatic heterocycles. The van der Waals surface area contributed by atoms with Crippen molar-refractivity contribution in [2.75, 3.05) is 14.2 Å². The number of aliphatic imine (C=N–C) groups is 1. The molecule has 0 bridgehead atoms. The number of rotatable bonds is 3. The zero-order chi connectivity index (χ0) is 14.0. The molecule has 1 heterocycles. The topological polar surface area (TPSA) is 57.1 Å². The van der Waals surface area contributed by atoms with Crippen molar-refractivity contribution in [3.63, 3.8) is 0 Å². The van der Waals surface area contributed by atoms with Crippen molar-refractivity contribution < 1.29 is 19.0 Å². The number of methoxy groups -OCH3 is 2. The molecule has 5 nitrogen and oxygen atoms in total. The van der Waals surface area contributed by atoms with E-state index in [4.69, 9.17) is 14.2 Å². The van der Waals surface area contributed by atoms with Crippen molar-refractivity contribution in [2.24, 2.45) is 4.99 Å². The van der Waals surface area contributed by atoms with E-state index in [1.54, 1.807) is 20.1 Å². The predicted octanol–water partition coefficient (Wildman–Crippen LogP) is 2.16. The highest BCUT2D eigenvalue weighted by Gasteiger charge is 2.35. The van der Waals surface area contributed by atoms with Crippen LogP contribution in [-0.4, -0.2) is 38.2 Å². The Morgan fingerprint density at radius 2 is 2.16 bits per heavy atom. The first-order valence-electron chi connectivity index (χ1n) is 5.73. The van der Waals surface area contributed by atoms with Gasteiger partial charge in [0.25, 0.3) is 0 Å². The average Bonchev–Trinajstić information content (AvgIpc) is 2.79. The van der Waals surface area contributed by atoms with Gasteiger partial charge in [-0.15, -0.1) is 0 Å². The Labute approximate surface area is 119 Å². The monoisotopic (exact) mass is 327 g/mol. The van der Waals surface area contributed by atoms with Crippen LogP contribution in [0.1, 0.15) is 12.5 Å². The van der Waals surface area contributed by atoms with E-state index in [1.807, 2.05) is 12.1 Å². The van der Waals surface area contributed by atoms with E-state index in [0.717, 1.165) is 4.47 Å². The molecule has 0 spiro atoms. The fourth-order valence-corrected chi connectivity index (χ4v) is 2.21. The SMILES string of the molecule is COC(=O)[C@@H]1N=C(c2cc(Br)ccc2OC)O[C@@H]1C. The molecule has 2 rings (SSSR count). The second-order valence-electron chi connectivity index (χ2n) is 4.07. The Morgan fingerprint density at radius 3 is 2.79 bits per heavy atom. The van der Waals surface area contributed by atoms with Crippen LogP contribution in [0.4, 0.5) is 0 Å². The zero-order valence-electron chi connectivity index (χ0n) is 10.8. The molecule has 0 radical (unpaired) electrons. The van der Waals surface area contributed by atoms with Crippen LogP contribution in [-0.2, 0) is 14.3 Å². The highest BCUT2D eigenvalue weighted by Crippen LogP contribution is 2.28. The summed E-state index contributed by atoms with van der Waals surface area (Å²) in [7, 11) is 2.91. The second-order valence-corrected chi connectivity index (χ2v) is 4.99. The third kappa shape index (κ3) is 2.73. The lowest BCUT2D eigenvalue weighted by Crippen LogP contribution is -2.28. The number of ether oxygens (including phenoxy) is 3. The molecule has 0 unspecified atom stereocenters. The Bertz CT molecular complexity index is 529. The van der Waals surface area contributed by atoms with Gasteiger partial charge in [-0.1, -0.05) is 15.9 Å². The summed E-state index contributed by atoms with van der Waals surface area (Å²) in [4.78, 5) is 15.9. The van der Waals surface area contributed by atoms with E-state index in [2.05, 4.69) is 20.9 Å². The van der Waals surface area contributed by atoms with E-state index in [1.165, 1.54) is 7.11 Å². The quantitative estimate of drug-likeness (QED) is 0.798. The summed E-state index contributed by atoms with van der Waals surface area (Å²) in [5.74, 6) is 0.622. The molecule has 1 aliphatic rings. The lowest BCUT2D eigenvalue weighted by atomic mass is 10.2. The van der Waals surface area contributed by atoms with Gasteiger partial charge in [0.1, 0.15) is 11.9 Å². The smallest absolute Gasteiger partial charge is 0.334 e. The Balaban J connectivity index is 2.37. The first kappa shape index (κ1) is 13.9. The Kier molecular flexibility index (Phi) is 4.09. The minimum Gasteiger partial charge on any atom is -0.496 e. The second kappa shape index (κ2) is 5.61. The van der Waals surface area contributed by atoms with Crippen LogP contribution in [0.5, 0.6) is 5.75 Å². The summed E-state index contributed by atoms with van der Waals surface area (Å²) in [5, 5.41) is 0. The van der Waals surface area contributed by atoms with Crippen molar-refractivity contribution >= 4 is 27.8 Å². The summed E-state index contributed by atoms with van der Waals surface area (Å²) in [6, 6.07) is 4.87. The predicted molar refractivity (Wildman–Crippen MR) is 73.6 cm³/mol. The molecule has 1 aromatic carbocycles. The first-order chi connectivity index (χ1) is 9.06. The van der Waals surface area contributed by atoms with E-state index in [9.17, 15) is 4.79 Å². The van der Waals surface area contributed by atoms with Crippen molar-refractivity contribution in [2.45, 2.75) is 19.1 Å². The molecule has 0 amide bonds. The Hall–Kier alpha value is -1.56. The van der Waals surface area contributed by atoms with Crippen LogP contribution in [0, 0.1) is 0 Å². The summed E-state index contributed by atoms with van der Waals surface area (Å²) in [6.07, 6.45) is -0.355. The van der Waals surface area contributed by atoms with E-state index in [-0.39, 0.29) is 6.10 Å². The van der Waals surface area contributed by atoms with Crippen LogP contribution in [0.15, 0.2) is 27.7 Å². The minimum atomic E-state index is -0.635. The van der Waals surface area contributed by atoms with Gasteiger partial charge in [0.15, 0.2) is 6.04 Å². The van der Waals surface area contributed by atoms with Gasteiger partial charge in [0, 0.05) is 4.47 Å². The number of benzene rings is 1. The van der Waals surface area contributed by atoms with Gasteiger partial charge in [-0.25, -0.2) is 9.79 Å². The van der Waals surface area contributed by atoms with E-state index in [0.29, 0.717) is 17.2 Å². The molecular weight excluding hydrogens is 314 g/mol. The molecule has 0 saturated carbocycles. The van der Waals surface area contributed by atoms with Crippen LogP contribution < -0.4 is 4.74 Å². The Morgan fingerprint density at radius 1 is 1.42 bits per heavy atom. The molecule has 0 fully saturated rings. The van der Waals surface area contributed by atoms with Gasteiger partial charge in [-0.2, -0.15) is 0 Å². The van der Waals surface area contributed by atoms with E-state index >= 15 is 0 Å². The normalized spacial score (nSPS) is 21.6. The van der Waals surface area contributed by atoms with Crippen LogP contribution in [0.3, 0.4) is 0 Å². The molecule has 6 heteroatoms. The molecule has 102 valence electrons. The molecule has 0 aliphatic carbocycles. The number of carbonyl (C=O) groups excluding carboxylic acids is 1. The van der Waals surface area contributed by atoms with Gasteiger partial charge < -0.3 is 14.2 Å². The highest BCUT2D eigenvalue weighted by molar-refractivity contribution is 9.10. The lowest BCUT2D eigenvalue weighted by molar-refractivity contribution is -0.143. The molecule has 2 atom stereocenters. The minimum absolute atomic E-state index is 0.355. The van der Waals surface area contributed by atoms with Crippen molar-refractivity contribution in [3.8, 4) is 5.75 Å². The zero-order valence-corrected chi connectivity index (χ0v) is 12.4. The summed E-state index contributed by atoms with van der Waals surface area (Å²) in [5.41, 5.74) is 0.704. The number of nitrogens with zero attached hydrogens (tertiary/aromatic N) is 1. The maximum absolute atomic E-state index is 11.6. The third-order valence-corrected chi connectivity index (χ3v) is 3.33. The van der Waals surface area contributed by atoms with Gasteiger partial charge >= 0.3 is 5.97 Å². The fourth-order valence-electron chi connectivity index (χ4n) is 1.85. The maximum atomic E-state index is 11.6. The van der Waals surface area contributed by atoms with Crippen molar-refractivity contribution in [1.82, 2.24) is 0 Å². The van der Waals surface area contributed by atoms with Crippen LogP contribution >= 0.6 is 15.9 Å². The van der Waals surface area contributed by atoms with Crippen molar-refractivity contribution in [3.05, 3.63) is 28.2 Å². The molecule has 0 N–H and O–H groups in total. The van der Waals surface area contributed by atoms with Crippen molar-refractivity contribution in [1.29, 1.82) is 0 Å². The number of carbonyl (C=O) groups is 1. The van der Waals surface area contributed by atoms with Crippen LogP contribution in [0.2, 0.25) is 0 Å². The first-order valence-corrected chi connectivity index (χ1v) is 6.52. The maximum Gasteiger partial charge on any atom is 0.334 e. The van der Waals surface area contributed by atoms with Crippen LogP contribution in [0.25, 0.3) is 0 Å². The van der Waals surface area contributed by atoms with Gasteiger partial charge in [-0.3, -0.25) is 0 Å². The van der Waals surface area contributed by atoms with Gasteiger partial charge in [-0.05, 0) is 25.1 Å². The summed E-state index contributed by atoms with van der Waals surface area (Å²) in [6.45, 7) is 1.78. The van der Waals surface area contributed by atoms with Gasteiger partial charge in [0.05, 0.1) is 19.8 Å². The molecule has 0 saturated heterocycles. The van der Waals surface area contributed by atoms with E-state index < -0.39 is 12.0 Å². The van der Waals surface area contributed by atoms with Gasteiger partial charge in [0.2, 0.25) is 5.90 Å². The molecule has 19 heavy (non-hydrogen) atoms. The standard InChI is InChI=1S/C13H14BrNO4/c1-7-11(13(16)18-3)15-12(19-7)9-6-8(14)4-5-10(9)17-2/h4-7,11H,1-3H3/t7-,11-/m1/s1. The fraction of sp³-hybridized carbons (Fsp3) is 0.385. The molecular formula is C13H14BrNO4. The highest BCUT2D eigenvalue weighted by atomic mass is 79.9. The average molecular weight is 328 g/mol. The third-order valence-electron chi connectivity index (χ3n) is 2.83. The number of halogens is 1. The number of hydrogen-bond donors (Lipinski definition) is 0. The summed E-state index contributed by atoms with van der Waals surface area (Å²) >= 11 is 3.39. The summed E-state index contributed by atoms with van der Waals surface area (Å²) < 4.78 is 16.5. The molecule has 0 aromatic heterocycles. The lowest BCUT2D eigenvalue weighted by Gasteiger charge is -2.11. The number of hydrogen-bond acceptors (Lipinski definition) is 5. The largest absolute Gasteiger partial charge is 0.496 e. The number of esters is 1. The molecule has 1 aromatic rings.